The Balaban J connectivity index is 1.29. The van der Waals surface area contributed by atoms with Crippen LogP contribution >= 0.6 is 45.3 Å². The molecule has 0 fully saturated rings. The minimum atomic E-state index is 0.0658. The van der Waals surface area contributed by atoms with Crippen molar-refractivity contribution in [2.75, 3.05) is 0 Å². The van der Waals surface area contributed by atoms with Gasteiger partial charge in [-0.05, 0) is 172 Å². The van der Waals surface area contributed by atoms with E-state index in [0.717, 1.165) is 0 Å². The highest BCUT2D eigenvalue weighted by atomic mass is 32.1. The van der Waals surface area contributed by atoms with Gasteiger partial charge in [-0.15, -0.1) is 45.3 Å². The summed E-state index contributed by atoms with van der Waals surface area (Å²) in [5, 5.41) is 2.44. The number of benzene rings is 6. The van der Waals surface area contributed by atoms with Crippen LogP contribution in [0.25, 0.3) is 97.0 Å². The van der Waals surface area contributed by atoms with Crippen molar-refractivity contribution in [2.24, 2.45) is 0 Å². The predicted molar refractivity (Wildman–Crippen MR) is 314 cm³/mol. The Morgan fingerprint density at radius 2 is 0.400 bits per heavy atom. The molecule has 4 heterocycles. The molecular weight excluding hydrogens is 921 g/mol. The van der Waals surface area contributed by atoms with Crippen LogP contribution in [0.4, 0.5) is 0 Å². The summed E-state index contributed by atoms with van der Waals surface area (Å²) in [7, 11) is 0. The second-order valence-electron chi connectivity index (χ2n) is 23.0. The van der Waals surface area contributed by atoms with Gasteiger partial charge >= 0.3 is 0 Å². The molecule has 0 atom stereocenters. The molecule has 0 unspecified atom stereocenters. The maximum atomic E-state index is 2.51. The number of hydrogen-bond acceptors (Lipinski definition) is 4. The summed E-state index contributed by atoms with van der Waals surface area (Å²) < 4.78 is 0. The average molecular weight is 986 g/mol. The molecular formula is C66H64S4. The second-order valence-corrected chi connectivity index (χ2v) is 27.3. The minimum Gasteiger partial charge on any atom is -0.140 e. The molecule has 352 valence electrons. The highest BCUT2D eigenvalue weighted by Crippen LogP contribution is 2.51. The fourth-order valence-corrected chi connectivity index (χ4v) is 13.9. The van der Waals surface area contributed by atoms with E-state index in [9.17, 15) is 0 Å². The lowest BCUT2D eigenvalue weighted by molar-refractivity contribution is 0.603. The van der Waals surface area contributed by atoms with Crippen molar-refractivity contribution in [2.45, 2.75) is 105 Å². The molecule has 6 aromatic carbocycles. The van der Waals surface area contributed by atoms with Crippen LogP contribution in [0.1, 0.15) is 103 Å². The smallest absolute Gasteiger partial charge is 0.0352 e. The van der Waals surface area contributed by atoms with Gasteiger partial charge in [0.1, 0.15) is 0 Å². The molecule has 0 aliphatic rings. The fourth-order valence-electron chi connectivity index (χ4n) is 9.52. The zero-order valence-corrected chi connectivity index (χ0v) is 46.1. The van der Waals surface area contributed by atoms with Crippen LogP contribution in [0.3, 0.4) is 0 Å². The minimum absolute atomic E-state index is 0.0658. The van der Waals surface area contributed by atoms with E-state index in [1.807, 2.05) is 45.3 Å². The van der Waals surface area contributed by atoms with Crippen LogP contribution in [0.2, 0.25) is 0 Å². The first kappa shape index (κ1) is 48.0. The largest absolute Gasteiger partial charge is 0.140 e. The molecule has 0 saturated heterocycles. The molecule has 4 heteroatoms. The van der Waals surface area contributed by atoms with Crippen molar-refractivity contribution in [1.29, 1.82) is 0 Å². The SMILES string of the molecule is CC(C)(C)c1ccc(-c2ccccc2-c2cc3cc(-c4ccccc4-c4ccc(C(C)(C)C)s4)c(-c4ccccc4-c4ccc(C(C)(C)C)s4)cc3cc2-c2ccccc2-c2ccc(C(C)(C)C)s2)s1. The first-order chi connectivity index (χ1) is 33.2. The number of thiophene rings is 4. The van der Waals surface area contributed by atoms with Crippen LogP contribution in [0.5, 0.6) is 0 Å². The van der Waals surface area contributed by atoms with Crippen molar-refractivity contribution >= 4 is 56.1 Å². The van der Waals surface area contributed by atoms with Crippen molar-refractivity contribution < 1.29 is 0 Å². The average Bonchev–Trinajstić information content (AvgIpc) is 4.18. The molecule has 10 rings (SSSR count). The summed E-state index contributed by atoms with van der Waals surface area (Å²) in [4.78, 5) is 10.7. The Bertz CT molecular complexity index is 3070. The van der Waals surface area contributed by atoms with E-state index in [4.69, 9.17) is 0 Å². The molecule has 0 nitrogen and oxygen atoms in total. The topological polar surface area (TPSA) is 0 Å². The third-order valence-electron chi connectivity index (χ3n) is 13.4. The number of rotatable bonds is 8. The van der Waals surface area contributed by atoms with E-state index in [1.54, 1.807) is 0 Å². The first-order valence-corrected chi connectivity index (χ1v) is 27.9. The molecule has 0 spiro atoms. The molecule has 0 aliphatic carbocycles. The van der Waals surface area contributed by atoms with Crippen LogP contribution < -0.4 is 0 Å². The van der Waals surface area contributed by atoms with Gasteiger partial charge in [-0.2, -0.15) is 0 Å². The van der Waals surface area contributed by atoms with Gasteiger partial charge in [0, 0.05) is 39.0 Å². The summed E-state index contributed by atoms with van der Waals surface area (Å²) >= 11 is 7.68. The van der Waals surface area contributed by atoms with Crippen LogP contribution in [-0.4, -0.2) is 0 Å². The van der Waals surface area contributed by atoms with Crippen molar-refractivity contribution in [1.82, 2.24) is 0 Å². The van der Waals surface area contributed by atoms with Gasteiger partial charge in [0.2, 0.25) is 0 Å². The molecule has 0 bridgehead atoms. The standard InChI is InChI=1S/C66H64S4/c1-63(2,3)59-33-29-55(67-59)47-25-17-13-21-43(47)51-37-41-39-53(45-23-15-19-27-49(45)57-31-35-61(69-57)65(7,8)9)54(46-24-16-20-28-50(46)58-32-36-62(70-58)66(10,11)12)40-42(41)38-52(51)44-22-14-18-26-48(44)56-30-34-60(68-56)64(4,5)6/h13-40H,1-12H3. The lowest BCUT2D eigenvalue weighted by atomic mass is 9.83. The van der Waals surface area contributed by atoms with Gasteiger partial charge in [-0.25, -0.2) is 0 Å². The normalized spacial score (nSPS) is 12.6. The Labute approximate surface area is 433 Å². The molecule has 0 saturated carbocycles. The summed E-state index contributed by atoms with van der Waals surface area (Å²) in [5.74, 6) is 0. The summed E-state index contributed by atoms with van der Waals surface area (Å²) in [6, 6.07) is 65.1. The maximum Gasteiger partial charge on any atom is 0.0352 e. The Hall–Kier alpha value is -5.62. The predicted octanol–water partition coefficient (Wildman–Crippen LogP) is 21.6. The van der Waals surface area contributed by atoms with Crippen molar-refractivity contribution in [3.8, 4) is 86.3 Å². The molecule has 10 aromatic rings. The molecule has 0 amide bonds. The van der Waals surface area contributed by atoms with E-state index in [0.29, 0.717) is 0 Å². The Morgan fingerprint density at radius 1 is 0.214 bits per heavy atom. The third-order valence-corrected chi connectivity index (χ3v) is 19.6. The van der Waals surface area contributed by atoms with E-state index >= 15 is 0 Å². The highest BCUT2D eigenvalue weighted by molar-refractivity contribution is 7.16. The zero-order chi connectivity index (χ0) is 49.3. The summed E-state index contributed by atoms with van der Waals surface area (Å²) in [5.41, 5.74) is 15.3. The lowest BCUT2D eigenvalue weighted by Crippen LogP contribution is -2.07. The van der Waals surface area contributed by atoms with Gasteiger partial charge in [-0.1, -0.05) is 180 Å². The van der Waals surface area contributed by atoms with E-state index < -0.39 is 0 Å². The lowest BCUT2D eigenvalue weighted by Gasteiger charge is -2.21. The van der Waals surface area contributed by atoms with Gasteiger partial charge in [-0.3, -0.25) is 0 Å². The molecule has 4 aromatic heterocycles. The van der Waals surface area contributed by atoms with Crippen LogP contribution in [-0.2, 0) is 21.7 Å². The van der Waals surface area contributed by atoms with Crippen molar-refractivity contribution in [3.63, 3.8) is 0 Å². The quantitative estimate of drug-likeness (QED) is 0.142. The van der Waals surface area contributed by atoms with E-state index in [2.05, 4.69) is 253 Å². The van der Waals surface area contributed by atoms with Gasteiger partial charge in [0.25, 0.3) is 0 Å². The Morgan fingerprint density at radius 3 is 0.571 bits per heavy atom. The van der Waals surface area contributed by atoms with Crippen LogP contribution in [0, 0.1) is 0 Å². The molecule has 70 heavy (non-hydrogen) atoms. The summed E-state index contributed by atoms with van der Waals surface area (Å²) in [6.45, 7) is 27.8. The Kier molecular flexibility index (Phi) is 12.5. The van der Waals surface area contributed by atoms with Gasteiger partial charge in [0.05, 0.1) is 0 Å². The van der Waals surface area contributed by atoms with Crippen molar-refractivity contribution in [3.05, 3.63) is 189 Å². The molecule has 0 N–H and O–H groups in total. The summed E-state index contributed by atoms with van der Waals surface area (Å²) in [6.07, 6.45) is 0. The number of hydrogen-bond donors (Lipinski definition) is 0. The van der Waals surface area contributed by atoms with E-state index in [1.165, 1.54) is 117 Å². The molecule has 0 aliphatic heterocycles. The van der Waals surface area contributed by atoms with Gasteiger partial charge in [0.15, 0.2) is 0 Å². The third kappa shape index (κ3) is 9.37. The highest BCUT2D eigenvalue weighted by Gasteiger charge is 2.26. The monoisotopic (exact) mass is 984 g/mol. The van der Waals surface area contributed by atoms with Crippen LogP contribution in [0.15, 0.2) is 170 Å². The zero-order valence-electron chi connectivity index (χ0n) is 42.8. The second kappa shape index (κ2) is 18.2. The van der Waals surface area contributed by atoms with Gasteiger partial charge < -0.3 is 0 Å². The number of fused-ring (bicyclic) bond motifs is 1. The fraction of sp³-hybridized carbons (Fsp3) is 0.242. The first-order valence-electron chi connectivity index (χ1n) is 24.6. The van der Waals surface area contributed by atoms with E-state index in [-0.39, 0.29) is 21.7 Å². The maximum absolute atomic E-state index is 2.51. The molecule has 0 radical (unpaired) electrons.